The van der Waals surface area contributed by atoms with E-state index in [0.717, 1.165) is 22.9 Å². The van der Waals surface area contributed by atoms with Crippen LogP contribution < -0.4 is 5.43 Å². The molecule has 7 heteroatoms. The van der Waals surface area contributed by atoms with E-state index in [2.05, 4.69) is 22.4 Å². The van der Waals surface area contributed by atoms with E-state index in [1.165, 1.54) is 0 Å². The Labute approximate surface area is 173 Å². The first-order chi connectivity index (χ1) is 14.6. The lowest BCUT2D eigenvalue weighted by atomic mass is 9.98. The Morgan fingerprint density at radius 2 is 1.90 bits per heavy atom. The number of hydrogen-bond acceptors (Lipinski definition) is 5. The molecule has 1 aliphatic heterocycles. The first kappa shape index (κ1) is 19.6. The van der Waals surface area contributed by atoms with Crippen molar-refractivity contribution in [3.63, 3.8) is 0 Å². The van der Waals surface area contributed by atoms with Crippen LogP contribution in [0.3, 0.4) is 0 Å². The zero-order valence-electron chi connectivity index (χ0n) is 16.5. The molecule has 0 aliphatic carbocycles. The average Bonchev–Trinajstić information content (AvgIpc) is 3.22. The molecule has 0 bridgehead atoms. The molecule has 1 amide bonds. The van der Waals surface area contributed by atoms with Crippen LogP contribution >= 0.6 is 0 Å². The van der Waals surface area contributed by atoms with E-state index in [0.29, 0.717) is 11.1 Å². The van der Waals surface area contributed by atoms with Crippen LogP contribution in [0.5, 0.6) is 0 Å². The van der Waals surface area contributed by atoms with Crippen LogP contribution in [0.2, 0.25) is 0 Å². The summed E-state index contributed by atoms with van der Waals surface area (Å²) in [5.74, 6) is -1.30. The fraction of sp³-hybridized carbons (Fsp3) is 0.217. The average molecular weight is 403 g/mol. The number of benzene rings is 2. The first-order valence-electron chi connectivity index (χ1n) is 9.83. The number of ether oxygens (including phenoxy) is 1. The fourth-order valence-electron chi connectivity index (χ4n) is 3.55. The predicted octanol–water partition coefficient (Wildman–Crippen LogP) is 3.46. The summed E-state index contributed by atoms with van der Waals surface area (Å²) in [6.07, 6.45) is 1.69. The van der Waals surface area contributed by atoms with Gasteiger partial charge in [0, 0.05) is 41.1 Å². The number of rotatable bonds is 6. The molecule has 7 nitrogen and oxygen atoms in total. The predicted molar refractivity (Wildman–Crippen MR) is 112 cm³/mol. The van der Waals surface area contributed by atoms with Gasteiger partial charge < -0.3 is 9.72 Å². The number of ketones is 1. The second-order valence-electron chi connectivity index (χ2n) is 7.05. The lowest BCUT2D eigenvalue weighted by molar-refractivity contribution is -0.139. The van der Waals surface area contributed by atoms with Crippen molar-refractivity contribution in [2.75, 3.05) is 0 Å². The Hall–Kier alpha value is -3.74. The van der Waals surface area contributed by atoms with E-state index in [1.54, 1.807) is 30.5 Å². The van der Waals surface area contributed by atoms with Crippen LogP contribution in [0.1, 0.15) is 47.4 Å². The van der Waals surface area contributed by atoms with Crippen molar-refractivity contribution >= 4 is 34.3 Å². The lowest BCUT2D eigenvalue weighted by Crippen LogP contribution is -2.32. The molecule has 1 aromatic heterocycles. The van der Waals surface area contributed by atoms with Crippen LogP contribution in [-0.2, 0) is 20.7 Å². The second kappa shape index (κ2) is 8.32. The summed E-state index contributed by atoms with van der Waals surface area (Å²) < 4.78 is 5.62. The van der Waals surface area contributed by atoms with Crippen LogP contribution in [0, 0.1) is 0 Å². The second-order valence-corrected chi connectivity index (χ2v) is 7.05. The number of fused-ring (bicyclic) bond motifs is 1. The zero-order chi connectivity index (χ0) is 21.1. The molecule has 2 aromatic carbocycles. The summed E-state index contributed by atoms with van der Waals surface area (Å²) in [5, 5.41) is 4.57. The number of para-hydroxylation sites is 1. The highest BCUT2D eigenvalue weighted by Crippen LogP contribution is 2.29. The summed E-state index contributed by atoms with van der Waals surface area (Å²) in [7, 11) is 0. The maximum atomic E-state index is 13.5. The molecule has 0 saturated carbocycles. The number of nitrogens with zero attached hydrogens (tertiary/aromatic N) is 1. The van der Waals surface area contributed by atoms with Crippen molar-refractivity contribution in [3.05, 3.63) is 71.4 Å². The number of Topliss-reactive ketones (excluding diaryl/α,β-unsaturated/α-hetero) is 1. The number of H-pyrrole nitrogens is 1. The van der Waals surface area contributed by atoms with E-state index in [9.17, 15) is 14.4 Å². The van der Waals surface area contributed by atoms with Gasteiger partial charge in [0.1, 0.15) is 5.71 Å². The number of hydrogen-bond donors (Lipinski definition) is 2. The van der Waals surface area contributed by atoms with Crippen LogP contribution in [-0.4, -0.2) is 28.4 Å². The number of carbonyl (C=O) groups is 3. The highest BCUT2D eigenvalue weighted by Gasteiger charge is 2.30. The topological polar surface area (TPSA) is 101 Å². The molecule has 2 heterocycles. The van der Waals surface area contributed by atoms with Gasteiger partial charge in [0.25, 0.3) is 0 Å². The van der Waals surface area contributed by atoms with Gasteiger partial charge in [-0.15, -0.1) is 0 Å². The number of aryl methyl sites for hydroxylation is 1. The smallest absolute Gasteiger partial charge is 0.355 e. The molecule has 0 fully saturated rings. The minimum Gasteiger partial charge on any atom is -0.444 e. The van der Waals surface area contributed by atoms with Gasteiger partial charge in [-0.2, -0.15) is 5.10 Å². The Bertz CT molecular complexity index is 1150. The standard InChI is InChI=1S/C23H21N3O4/c1-2-14-9-6-10-16-17(13-24-20(14)16)21(28)22(15-7-4-3-5-8-15)30-23(29)18-11-12-19(27)26-25-18/h3-10,13,22,24H,2,11-12H2,1H3,(H,26,27)/t22-/m0/s1. The molecule has 0 spiro atoms. The van der Waals surface area contributed by atoms with Gasteiger partial charge in [-0.3, -0.25) is 9.59 Å². The minimum atomic E-state index is -1.12. The van der Waals surface area contributed by atoms with Crippen molar-refractivity contribution in [1.82, 2.24) is 10.4 Å². The maximum Gasteiger partial charge on any atom is 0.355 e. The normalized spacial score (nSPS) is 14.7. The summed E-state index contributed by atoms with van der Waals surface area (Å²) in [6.45, 7) is 2.05. The number of nitrogens with one attached hydrogen (secondary N) is 2. The molecule has 4 rings (SSSR count). The molecule has 0 unspecified atom stereocenters. The third-order valence-corrected chi connectivity index (χ3v) is 5.15. The summed E-state index contributed by atoms with van der Waals surface area (Å²) in [6, 6.07) is 14.7. The largest absolute Gasteiger partial charge is 0.444 e. The van der Waals surface area contributed by atoms with E-state index in [1.807, 2.05) is 24.3 Å². The third-order valence-electron chi connectivity index (χ3n) is 5.15. The monoisotopic (exact) mass is 403 g/mol. The number of aromatic amines is 1. The van der Waals surface area contributed by atoms with Gasteiger partial charge in [0.15, 0.2) is 6.10 Å². The van der Waals surface area contributed by atoms with Crippen molar-refractivity contribution in [3.8, 4) is 0 Å². The number of esters is 1. The molecule has 152 valence electrons. The maximum absolute atomic E-state index is 13.5. The SMILES string of the molecule is CCc1cccc2c(C(=O)[C@@H](OC(=O)C3=NNC(=O)CC3)c3ccccc3)c[nH]c12. The van der Waals surface area contributed by atoms with Crippen molar-refractivity contribution < 1.29 is 19.1 Å². The minimum absolute atomic E-state index is 0.0931. The van der Waals surface area contributed by atoms with Gasteiger partial charge in [-0.05, 0) is 12.0 Å². The highest BCUT2D eigenvalue weighted by atomic mass is 16.5. The molecular formula is C23H21N3O4. The Morgan fingerprint density at radius 1 is 1.10 bits per heavy atom. The summed E-state index contributed by atoms with van der Waals surface area (Å²) in [4.78, 5) is 40.6. The Kier molecular flexibility index (Phi) is 5.43. The number of amides is 1. The van der Waals surface area contributed by atoms with Gasteiger partial charge in [0.2, 0.25) is 11.7 Å². The molecule has 1 atom stereocenters. The lowest BCUT2D eigenvalue weighted by Gasteiger charge is -2.19. The summed E-state index contributed by atoms with van der Waals surface area (Å²) >= 11 is 0. The number of aromatic nitrogens is 1. The Balaban J connectivity index is 1.69. The molecule has 0 radical (unpaired) electrons. The molecule has 2 N–H and O–H groups in total. The van der Waals surface area contributed by atoms with Gasteiger partial charge in [-0.1, -0.05) is 55.5 Å². The van der Waals surface area contributed by atoms with Crippen molar-refractivity contribution in [1.29, 1.82) is 0 Å². The number of carbonyl (C=O) groups excluding carboxylic acids is 3. The van der Waals surface area contributed by atoms with Crippen LogP contribution in [0.25, 0.3) is 10.9 Å². The quantitative estimate of drug-likeness (QED) is 0.486. The van der Waals surface area contributed by atoms with Crippen LogP contribution in [0.4, 0.5) is 0 Å². The first-order valence-corrected chi connectivity index (χ1v) is 9.83. The van der Waals surface area contributed by atoms with Crippen molar-refractivity contribution in [2.24, 2.45) is 5.10 Å². The highest BCUT2D eigenvalue weighted by molar-refractivity contribution is 6.37. The zero-order valence-corrected chi connectivity index (χ0v) is 16.5. The molecule has 3 aromatic rings. The van der Waals surface area contributed by atoms with Gasteiger partial charge in [0.05, 0.1) is 0 Å². The van der Waals surface area contributed by atoms with E-state index in [4.69, 9.17) is 4.74 Å². The van der Waals surface area contributed by atoms with Crippen molar-refractivity contribution in [2.45, 2.75) is 32.3 Å². The molecular weight excluding hydrogens is 382 g/mol. The Morgan fingerprint density at radius 3 is 2.60 bits per heavy atom. The van der Waals surface area contributed by atoms with Gasteiger partial charge in [-0.25, -0.2) is 10.2 Å². The number of hydrazone groups is 1. The third kappa shape index (κ3) is 3.74. The summed E-state index contributed by atoms with van der Waals surface area (Å²) in [5.41, 5.74) is 5.40. The van der Waals surface area contributed by atoms with E-state index in [-0.39, 0.29) is 30.2 Å². The van der Waals surface area contributed by atoms with Crippen LogP contribution in [0.15, 0.2) is 59.8 Å². The fourth-order valence-corrected chi connectivity index (χ4v) is 3.55. The molecule has 0 saturated heterocycles. The molecule has 30 heavy (non-hydrogen) atoms. The van der Waals surface area contributed by atoms with Gasteiger partial charge >= 0.3 is 5.97 Å². The molecule has 1 aliphatic rings. The van der Waals surface area contributed by atoms with E-state index >= 15 is 0 Å². The van der Waals surface area contributed by atoms with E-state index < -0.39 is 12.1 Å².